The maximum Gasteiger partial charge on any atom is 0.117 e. The average molecular weight is 272 g/mol. The Morgan fingerprint density at radius 1 is 1.35 bits per heavy atom. The molecule has 0 spiro atoms. The molecular formula is C15H20N4O. The number of aromatic nitrogens is 3. The van der Waals surface area contributed by atoms with Crippen LogP contribution in [0.25, 0.3) is 11.3 Å². The van der Waals surface area contributed by atoms with Crippen molar-refractivity contribution in [3.63, 3.8) is 0 Å². The fraction of sp³-hybridized carbons (Fsp3) is 0.467. The zero-order chi connectivity index (χ0) is 14.0. The second kappa shape index (κ2) is 5.34. The third kappa shape index (κ3) is 2.46. The molecule has 1 aliphatic heterocycles. The average Bonchev–Trinajstić information content (AvgIpc) is 3.06. The number of ether oxygens (including phenoxy) is 1. The van der Waals surface area contributed by atoms with Gasteiger partial charge in [0.1, 0.15) is 11.4 Å². The SMILES string of the molecule is CC1OCCC1(C)NCc1n[nH]nc1-c1ccccc1. The van der Waals surface area contributed by atoms with Crippen molar-refractivity contribution < 1.29 is 4.74 Å². The summed E-state index contributed by atoms with van der Waals surface area (Å²) in [5, 5.41) is 14.8. The van der Waals surface area contributed by atoms with Gasteiger partial charge < -0.3 is 10.1 Å². The van der Waals surface area contributed by atoms with E-state index in [0.717, 1.165) is 30.0 Å². The lowest BCUT2D eigenvalue weighted by Crippen LogP contribution is -2.47. The molecule has 5 nitrogen and oxygen atoms in total. The van der Waals surface area contributed by atoms with E-state index in [9.17, 15) is 0 Å². The van der Waals surface area contributed by atoms with Crippen molar-refractivity contribution in [3.05, 3.63) is 36.0 Å². The van der Waals surface area contributed by atoms with E-state index in [4.69, 9.17) is 4.74 Å². The van der Waals surface area contributed by atoms with Crippen molar-refractivity contribution in [2.45, 2.75) is 38.5 Å². The number of aromatic amines is 1. The molecule has 2 heterocycles. The van der Waals surface area contributed by atoms with E-state index in [2.05, 4.69) is 34.6 Å². The molecule has 1 aromatic heterocycles. The molecule has 0 aliphatic carbocycles. The minimum atomic E-state index is 0.00685. The lowest BCUT2D eigenvalue weighted by atomic mass is 9.94. The van der Waals surface area contributed by atoms with Gasteiger partial charge >= 0.3 is 0 Å². The van der Waals surface area contributed by atoms with E-state index in [-0.39, 0.29) is 11.6 Å². The molecule has 0 radical (unpaired) electrons. The summed E-state index contributed by atoms with van der Waals surface area (Å²) in [7, 11) is 0. The molecule has 2 N–H and O–H groups in total. The Morgan fingerprint density at radius 2 is 2.15 bits per heavy atom. The van der Waals surface area contributed by atoms with Gasteiger partial charge in [-0.25, -0.2) is 0 Å². The molecular weight excluding hydrogens is 252 g/mol. The molecule has 2 atom stereocenters. The molecule has 1 aromatic carbocycles. The first-order chi connectivity index (χ1) is 9.69. The number of nitrogens with one attached hydrogen (secondary N) is 2. The van der Waals surface area contributed by atoms with Gasteiger partial charge in [-0.15, -0.1) is 0 Å². The van der Waals surface area contributed by atoms with Gasteiger partial charge in [0.2, 0.25) is 0 Å². The molecule has 1 fully saturated rings. The molecule has 5 heteroatoms. The van der Waals surface area contributed by atoms with Gasteiger partial charge in [0.15, 0.2) is 0 Å². The third-order valence-corrected chi connectivity index (χ3v) is 4.21. The molecule has 0 amide bonds. The van der Waals surface area contributed by atoms with Crippen LogP contribution in [0.15, 0.2) is 30.3 Å². The van der Waals surface area contributed by atoms with Crippen LogP contribution in [0.3, 0.4) is 0 Å². The zero-order valence-electron chi connectivity index (χ0n) is 11.9. The Kier molecular flexibility index (Phi) is 3.54. The minimum Gasteiger partial charge on any atom is -0.377 e. The van der Waals surface area contributed by atoms with Gasteiger partial charge in [0.05, 0.1) is 6.10 Å². The monoisotopic (exact) mass is 272 g/mol. The van der Waals surface area contributed by atoms with E-state index in [1.807, 2.05) is 30.3 Å². The normalized spacial score (nSPS) is 26.0. The number of rotatable bonds is 4. The predicted molar refractivity (Wildman–Crippen MR) is 77.1 cm³/mol. The van der Waals surface area contributed by atoms with Gasteiger partial charge in [-0.1, -0.05) is 30.3 Å². The van der Waals surface area contributed by atoms with Crippen molar-refractivity contribution in [1.82, 2.24) is 20.7 Å². The molecule has 1 aliphatic rings. The summed E-state index contributed by atoms with van der Waals surface area (Å²) in [5.41, 5.74) is 2.94. The fourth-order valence-corrected chi connectivity index (χ4v) is 2.56. The highest BCUT2D eigenvalue weighted by atomic mass is 16.5. The molecule has 2 unspecified atom stereocenters. The Labute approximate surface area is 118 Å². The molecule has 20 heavy (non-hydrogen) atoms. The van der Waals surface area contributed by atoms with Crippen molar-refractivity contribution >= 4 is 0 Å². The number of benzene rings is 1. The lowest BCUT2D eigenvalue weighted by molar-refractivity contribution is 0.0880. The van der Waals surface area contributed by atoms with E-state index in [1.165, 1.54) is 0 Å². The van der Waals surface area contributed by atoms with Gasteiger partial charge in [0, 0.05) is 24.3 Å². The van der Waals surface area contributed by atoms with Crippen molar-refractivity contribution in [3.8, 4) is 11.3 Å². The van der Waals surface area contributed by atoms with Gasteiger partial charge in [-0.05, 0) is 20.3 Å². The molecule has 106 valence electrons. The van der Waals surface area contributed by atoms with Crippen molar-refractivity contribution in [2.75, 3.05) is 6.61 Å². The van der Waals surface area contributed by atoms with Crippen LogP contribution in [0.2, 0.25) is 0 Å². The van der Waals surface area contributed by atoms with Crippen LogP contribution in [-0.4, -0.2) is 33.7 Å². The number of hydrogen-bond donors (Lipinski definition) is 2. The van der Waals surface area contributed by atoms with Crippen LogP contribution in [0, 0.1) is 0 Å². The second-order valence-corrected chi connectivity index (χ2v) is 5.52. The summed E-state index contributed by atoms with van der Waals surface area (Å²) in [6.07, 6.45) is 1.24. The summed E-state index contributed by atoms with van der Waals surface area (Å²) in [6.45, 7) is 5.81. The molecule has 1 saturated heterocycles. The largest absolute Gasteiger partial charge is 0.377 e. The van der Waals surface area contributed by atoms with Crippen molar-refractivity contribution in [1.29, 1.82) is 0 Å². The number of nitrogens with zero attached hydrogens (tertiary/aromatic N) is 2. The van der Waals surface area contributed by atoms with E-state index in [1.54, 1.807) is 0 Å². The predicted octanol–water partition coefficient (Wildman–Crippen LogP) is 2.13. The lowest BCUT2D eigenvalue weighted by Gasteiger charge is -2.28. The Bertz CT molecular complexity index is 568. The Balaban J connectivity index is 1.75. The third-order valence-electron chi connectivity index (χ3n) is 4.21. The fourth-order valence-electron chi connectivity index (χ4n) is 2.56. The van der Waals surface area contributed by atoms with Crippen LogP contribution in [0.5, 0.6) is 0 Å². The molecule has 0 bridgehead atoms. The van der Waals surface area contributed by atoms with E-state index in [0.29, 0.717) is 6.54 Å². The van der Waals surface area contributed by atoms with Crippen LogP contribution in [0.1, 0.15) is 26.0 Å². The molecule has 2 aromatic rings. The van der Waals surface area contributed by atoms with Crippen LogP contribution in [0.4, 0.5) is 0 Å². The summed E-state index contributed by atoms with van der Waals surface area (Å²) in [6, 6.07) is 10.1. The smallest absolute Gasteiger partial charge is 0.117 e. The topological polar surface area (TPSA) is 62.8 Å². The Morgan fingerprint density at radius 3 is 2.85 bits per heavy atom. The summed E-state index contributed by atoms with van der Waals surface area (Å²) >= 11 is 0. The van der Waals surface area contributed by atoms with Crippen LogP contribution >= 0.6 is 0 Å². The first-order valence-electron chi connectivity index (χ1n) is 7.01. The minimum absolute atomic E-state index is 0.00685. The Hall–Kier alpha value is -1.72. The zero-order valence-corrected chi connectivity index (χ0v) is 11.9. The van der Waals surface area contributed by atoms with E-state index >= 15 is 0 Å². The quantitative estimate of drug-likeness (QED) is 0.895. The first kappa shape index (κ1) is 13.3. The van der Waals surface area contributed by atoms with Gasteiger partial charge in [0.25, 0.3) is 0 Å². The summed E-state index contributed by atoms with van der Waals surface area (Å²) in [5.74, 6) is 0. The molecule has 0 saturated carbocycles. The number of hydrogen-bond acceptors (Lipinski definition) is 4. The second-order valence-electron chi connectivity index (χ2n) is 5.52. The standard InChI is InChI=1S/C15H20N4O/c1-11-15(2,8-9-20-11)16-10-13-14(18-19-17-13)12-6-4-3-5-7-12/h3-7,11,16H,8-10H2,1-2H3,(H,17,18,19). The highest BCUT2D eigenvalue weighted by Crippen LogP contribution is 2.26. The van der Waals surface area contributed by atoms with Gasteiger partial charge in [-0.2, -0.15) is 15.4 Å². The first-order valence-corrected chi connectivity index (χ1v) is 7.01. The van der Waals surface area contributed by atoms with Crippen molar-refractivity contribution in [2.24, 2.45) is 0 Å². The van der Waals surface area contributed by atoms with Crippen LogP contribution < -0.4 is 5.32 Å². The maximum absolute atomic E-state index is 5.65. The highest BCUT2D eigenvalue weighted by molar-refractivity contribution is 5.60. The van der Waals surface area contributed by atoms with E-state index < -0.39 is 0 Å². The van der Waals surface area contributed by atoms with Gasteiger partial charge in [-0.3, -0.25) is 0 Å². The maximum atomic E-state index is 5.65. The highest BCUT2D eigenvalue weighted by Gasteiger charge is 2.36. The number of H-pyrrole nitrogens is 1. The summed E-state index contributed by atoms with van der Waals surface area (Å²) in [4.78, 5) is 0. The van der Waals surface area contributed by atoms with Crippen LogP contribution in [-0.2, 0) is 11.3 Å². The molecule has 3 rings (SSSR count). The summed E-state index contributed by atoms with van der Waals surface area (Å²) < 4.78 is 5.65.